The first-order valence-corrected chi connectivity index (χ1v) is 12.2. The summed E-state index contributed by atoms with van der Waals surface area (Å²) in [4.78, 5) is 14.8. The molecular formula is C19H23N3O4S2. The van der Waals surface area contributed by atoms with Gasteiger partial charge in [-0.25, -0.2) is 8.42 Å². The predicted octanol–water partition coefficient (Wildman–Crippen LogP) is 2.51. The molecule has 9 heteroatoms. The average molecular weight is 422 g/mol. The minimum atomic E-state index is -2.92. The van der Waals surface area contributed by atoms with Crippen LogP contribution in [0.3, 0.4) is 0 Å². The lowest BCUT2D eigenvalue weighted by Gasteiger charge is -2.31. The predicted molar refractivity (Wildman–Crippen MR) is 107 cm³/mol. The first-order chi connectivity index (χ1) is 13.4. The summed E-state index contributed by atoms with van der Waals surface area (Å²) in [5, 5.41) is 8.06. The van der Waals surface area contributed by atoms with E-state index in [1.54, 1.807) is 0 Å². The Hall–Kier alpha value is -1.87. The zero-order chi connectivity index (χ0) is 19.7. The summed E-state index contributed by atoms with van der Waals surface area (Å²) in [5.41, 5.74) is 2.19. The molecule has 1 saturated heterocycles. The summed E-state index contributed by atoms with van der Waals surface area (Å²) < 4.78 is 28.8. The number of nitrogens with zero attached hydrogens (tertiary/aromatic N) is 3. The van der Waals surface area contributed by atoms with E-state index in [0.717, 1.165) is 18.5 Å². The Morgan fingerprint density at radius 2 is 2.18 bits per heavy atom. The van der Waals surface area contributed by atoms with Crippen LogP contribution in [0.4, 0.5) is 5.69 Å². The van der Waals surface area contributed by atoms with E-state index in [9.17, 15) is 13.2 Å². The highest BCUT2D eigenvalue weighted by Gasteiger charge is 2.30. The fraction of sp³-hybridized carbons (Fsp3) is 0.526. The topological polar surface area (TPSA) is 93.4 Å². The molecule has 2 aromatic rings. The molecule has 0 N–H and O–H groups in total. The number of hydrogen-bond donors (Lipinski definition) is 0. The summed E-state index contributed by atoms with van der Waals surface area (Å²) in [6, 6.07) is 8.01. The standard InChI is InChI=1S/C19H23N3O4S2/c1-13(18(23)22-9-4-6-15-5-2-3-7-16(15)22)27-19-21-20-17(26-19)11-14-8-10-28(24,25)12-14/h2-3,5,7,13-14H,4,6,8-12H2,1H3. The SMILES string of the molecule is CC(Sc1nnc(CC2CCS(=O)(=O)C2)o1)C(=O)N1CCCc2ccccc21. The Kier molecular flexibility index (Phi) is 5.46. The Morgan fingerprint density at radius 3 is 2.96 bits per heavy atom. The van der Waals surface area contributed by atoms with E-state index < -0.39 is 9.84 Å². The van der Waals surface area contributed by atoms with Crippen molar-refractivity contribution in [2.45, 2.75) is 43.1 Å². The average Bonchev–Trinajstić information content (AvgIpc) is 3.26. The maximum absolute atomic E-state index is 13.0. The molecular weight excluding hydrogens is 398 g/mol. The van der Waals surface area contributed by atoms with Crippen molar-refractivity contribution in [2.24, 2.45) is 5.92 Å². The molecule has 4 rings (SSSR count). The fourth-order valence-electron chi connectivity index (χ4n) is 3.83. The molecule has 0 radical (unpaired) electrons. The number of benzene rings is 1. The zero-order valence-electron chi connectivity index (χ0n) is 15.7. The molecule has 1 aromatic carbocycles. The van der Waals surface area contributed by atoms with E-state index in [0.29, 0.717) is 30.5 Å². The molecule has 2 unspecified atom stereocenters. The highest BCUT2D eigenvalue weighted by atomic mass is 32.2. The third kappa shape index (κ3) is 4.25. The van der Waals surface area contributed by atoms with Crippen molar-refractivity contribution >= 4 is 33.2 Å². The van der Waals surface area contributed by atoms with E-state index in [4.69, 9.17) is 4.42 Å². The van der Waals surface area contributed by atoms with Gasteiger partial charge in [0.1, 0.15) is 0 Å². The summed E-state index contributed by atoms with van der Waals surface area (Å²) >= 11 is 1.25. The van der Waals surface area contributed by atoms with Gasteiger partial charge in [0.25, 0.3) is 5.22 Å². The van der Waals surface area contributed by atoms with Crippen LogP contribution in [-0.4, -0.2) is 47.8 Å². The van der Waals surface area contributed by atoms with Crippen LogP contribution in [0.25, 0.3) is 0 Å². The highest BCUT2D eigenvalue weighted by molar-refractivity contribution is 8.00. The molecule has 1 amide bonds. The van der Waals surface area contributed by atoms with Gasteiger partial charge in [-0.15, -0.1) is 10.2 Å². The zero-order valence-corrected chi connectivity index (χ0v) is 17.3. The van der Waals surface area contributed by atoms with E-state index in [1.807, 2.05) is 30.0 Å². The molecule has 7 nitrogen and oxygen atoms in total. The number of anilines is 1. The number of amides is 1. The number of carbonyl (C=O) groups excluding carboxylic acids is 1. The first kappa shape index (κ1) is 19.4. The first-order valence-electron chi connectivity index (χ1n) is 9.50. The molecule has 2 atom stereocenters. The smallest absolute Gasteiger partial charge is 0.277 e. The second-order valence-electron chi connectivity index (χ2n) is 7.42. The van der Waals surface area contributed by atoms with Gasteiger partial charge in [0.15, 0.2) is 9.84 Å². The van der Waals surface area contributed by atoms with Crippen LogP contribution < -0.4 is 4.90 Å². The lowest BCUT2D eigenvalue weighted by Crippen LogP contribution is -2.40. The van der Waals surface area contributed by atoms with Crippen molar-refractivity contribution in [2.75, 3.05) is 23.0 Å². The summed E-state index contributed by atoms with van der Waals surface area (Å²) in [6.45, 7) is 2.56. The Morgan fingerprint density at radius 1 is 1.36 bits per heavy atom. The molecule has 2 aliphatic heterocycles. The summed E-state index contributed by atoms with van der Waals surface area (Å²) in [7, 11) is -2.92. The van der Waals surface area contributed by atoms with Crippen LogP contribution in [0.1, 0.15) is 31.2 Å². The van der Waals surface area contributed by atoms with E-state index in [1.165, 1.54) is 17.3 Å². The van der Waals surface area contributed by atoms with Crippen molar-refractivity contribution in [3.05, 3.63) is 35.7 Å². The molecule has 0 saturated carbocycles. The molecule has 3 heterocycles. The number of para-hydroxylation sites is 1. The largest absolute Gasteiger partial charge is 0.416 e. The van der Waals surface area contributed by atoms with Crippen molar-refractivity contribution in [3.8, 4) is 0 Å². The van der Waals surface area contributed by atoms with Crippen molar-refractivity contribution in [3.63, 3.8) is 0 Å². The Bertz CT molecular complexity index is 973. The van der Waals surface area contributed by atoms with Gasteiger partial charge < -0.3 is 9.32 Å². The molecule has 0 aliphatic carbocycles. The van der Waals surface area contributed by atoms with Crippen LogP contribution in [0.15, 0.2) is 33.9 Å². The molecule has 1 aromatic heterocycles. The number of fused-ring (bicyclic) bond motifs is 1. The van der Waals surface area contributed by atoms with E-state index >= 15 is 0 Å². The normalized spacial score (nSPS) is 22.0. The lowest BCUT2D eigenvalue weighted by atomic mass is 10.0. The van der Waals surface area contributed by atoms with Gasteiger partial charge in [-0.3, -0.25) is 4.79 Å². The van der Waals surface area contributed by atoms with Crippen molar-refractivity contribution < 1.29 is 17.6 Å². The third-order valence-corrected chi connectivity index (χ3v) is 8.00. The number of aromatic nitrogens is 2. The summed E-state index contributed by atoms with van der Waals surface area (Å²) in [6.07, 6.45) is 3.05. The van der Waals surface area contributed by atoms with Gasteiger partial charge >= 0.3 is 0 Å². The van der Waals surface area contributed by atoms with Gasteiger partial charge in [0.2, 0.25) is 11.8 Å². The van der Waals surface area contributed by atoms with Crippen molar-refractivity contribution in [1.29, 1.82) is 0 Å². The Balaban J connectivity index is 1.39. The third-order valence-electron chi connectivity index (χ3n) is 5.24. The molecule has 0 spiro atoms. The number of aryl methyl sites for hydroxylation is 1. The molecule has 2 aliphatic rings. The minimum absolute atomic E-state index is 0.0267. The number of thioether (sulfide) groups is 1. The molecule has 28 heavy (non-hydrogen) atoms. The van der Waals surface area contributed by atoms with Crippen LogP contribution >= 0.6 is 11.8 Å². The Labute approximate surface area is 168 Å². The minimum Gasteiger partial charge on any atom is -0.416 e. The fourth-order valence-corrected chi connectivity index (χ4v) is 6.46. The second-order valence-corrected chi connectivity index (χ2v) is 10.9. The van der Waals surface area contributed by atoms with Crippen LogP contribution in [0.5, 0.6) is 0 Å². The monoisotopic (exact) mass is 421 g/mol. The number of sulfone groups is 1. The van der Waals surface area contributed by atoms with E-state index in [-0.39, 0.29) is 28.6 Å². The quantitative estimate of drug-likeness (QED) is 0.685. The number of hydrogen-bond acceptors (Lipinski definition) is 7. The van der Waals surface area contributed by atoms with Crippen LogP contribution in [-0.2, 0) is 27.5 Å². The summed E-state index contributed by atoms with van der Waals surface area (Å²) in [5.74, 6) is 0.913. The maximum Gasteiger partial charge on any atom is 0.277 e. The van der Waals surface area contributed by atoms with Gasteiger partial charge in [-0.2, -0.15) is 0 Å². The second kappa shape index (κ2) is 7.87. The van der Waals surface area contributed by atoms with Gasteiger partial charge in [-0.05, 0) is 43.7 Å². The maximum atomic E-state index is 13.0. The van der Waals surface area contributed by atoms with Crippen LogP contribution in [0.2, 0.25) is 0 Å². The molecule has 1 fully saturated rings. The molecule has 0 bridgehead atoms. The lowest BCUT2D eigenvalue weighted by molar-refractivity contribution is -0.117. The van der Waals surface area contributed by atoms with Crippen molar-refractivity contribution in [1.82, 2.24) is 10.2 Å². The van der Waals surface area contributed by atoms with Gasteiger partial charge in [0, 0.05) is 18.7 Å². The van der Waals surface area contributed by atoms with Gasteiger partial charge in [0.05, 0.1) is 16.8 Å². The highest BCUT2D eigenvalue weighted by Crippen LogP contribution is 2.31. The number of carbonyl (C=O) groups is 1. The number of rotatable bonds is 5. The molecule has 150 valence electrons. The van der Waals surface area contributed by atoms with Crippen LogP contribution in [0, 0.1) is 5.92 Å². The van der Waals surface area contributed by atoms with E-state index in [2.05, 4.69) is 16.3 Å². The van der Waals surface area contributed by atoms with Gasteiger partial charge in [-0.1, -0.05) is 30.0 Å².